The van der Waals surface area contributed by atoms with Crippen LogP contribution in [-0.2, 0) is 0 Å². The topological polar surface area (TPSA) is 29.1 Å². The van der Waals surface area contributed by atoms with Crippen LogP contribution in [-0.4, -0.2) is 17.3 Å². The van der Waals surface area contributed by atoms with Crippen molar-refractivity contribution in [1.82, 2.24) is 5.32 Å². The number of carbonyl (C=O) groups is 1. The van der Waals surface area contributed by atoms with E-state index >= 15 is 0 Å². The van der Waals surface area contributed by atoms with Crippen LogP contribution in [0.4, 0.5) is 4.39 Å². The largest absolute Gasteiger partial charge is 0.349 e. The van der Waals surface area contributed by atoms with Crippen molar-refractivity contribution < 1.29 is 9.18 Å². The van der Waals surface area contributed by atoms with Gasteiger partial charge in [-0.2, -0.15) is 0 Å². The van der Waals surface area contributed by atoms with Gasteiger partial charge in [0.25, 0.3) is 5.91 Å². The van der Waals surface area contributed by atoms with Crippen LogP contribution in [0, 0.1) is 11.7 Å². The second kappa shape index (κ2) is 6.15. The molecule has 18 heavy (non-hydrogen) atoms. The zero-order valence-corrected chi connectivity index (χ0v) is 12.9. The van der Waals surface area contributed by atoms with Gasteiger partial charge < -0.3 is 5.32 Å². The number of hydrogen-bond donors (Lipinski definition) is 1. The Kier molecular flexibility index (Phi) is 4.78. The molecular formula is C13H14Br2FNO. The normalized spacial score (nSPS) is 23.1. The van der Waals surface area contributed by atoms with Gasteiger partial charge in [-0.3, -0.25) is 4.79 Å². The van der Waals surface area contributed by atoms with Crippen LogP contribution in [0.1, 0.15) is 29.6 Å². The summed E-state index contributed by atoms with van der Waals surface area (Å²) in [5.41, 5.74) is 0.101. The van der Waals surface area contributed by atoms with Crippen LogP contribution in [0.25, 0.3) is 0 Å². The zero-order valence-electron chi connectivity index (χ0n) is 9.76. The summed E-state index contributed by atoms with van der Waals surface area (Å²) in [6.45, 7) is 0. The summed E-state index contributed by atoms with van der Waals surface area (Å²) in [5.74, 6) is -0.361. The Morgan fingerprint density at radius 2 is 2.22 bits per heavy atom. The summed E-state index contributed by atoms with van der Waals surface area (Å²) in [5, 5.41) is 3.81. The molecule has 1 aromatic rings. The number of hydrogen-bond acceptors (Lipinski definition) is 1. The number of halogens is 3. The number of alkyl halides is 1. The second-order valence-electron chi connectivity index (χ2n) is 4.55. The second-order valence-corrected chi connectivity index (χ2v) is 6.11. The first kappa shape index (κ1) is 14.0. The molecule has 0 aromatic heterocycles. The van der Waals surface area contributed by atoms with Crippen molar-refractivity contribution in [1.29, 1.82) is 0 Å². The van der Waals surface area contributed by atoms with E-state index in [1.54, 1.807) is 6.07 Å². The average Bonchev–Trinajstić information content (AvgIpc) is 2.79. The molecule has 1 aromatic carbocycles. The Morgan fingerprint density at radius 3 is 2.94 bits per heavy atom. The van der Waals surface area contributed by atoms with Crippen LogP contribution < -0.4 is 5.32 Å². The molecule has 2 rings (SSSR count). The third-order valence-electron chi connectivity index (χ3n) is 3.35. The Bertz CT molecular complexity index is 453. The molecule has 98 valence electrons. The van der Waals surface area contributed by atoms with Crippen molar-refractivity contribution in [2.75, 3.05) is 5.33 Å². The number of benzene rings is 1. The fourth-order valence-corrected chi connectivity index (χ4v) is 3.47. The van der Waals surface area contributed by atoms with Gasteiger partial charge in [-0.1, -0.05) is 38.3 Å². The maximum Gasteiger partial charge on any atom is 0.254 e. The monoisotopic (exact) mass is 377 g/mol. The summed E-state index contributed by atoms with van der Waals surface area (Å²) in [6.07, 6.45) is 3.19. The first-order chi connectivity index (χ1) is 8.61. The molecule has 0 spiro atoms. The van der Waals surface area contributed by atoms with Crippen LogP contribution in [0.15, 0.2) is 22.7 Å². The Labute approximate surface area is 123 Å². The van der Waals surface area contributed by atoms with E-state index in [0.717, 1.165) is 24.6 Å². The molecule has 1 saturated carbocycles. The van der Waals surface area contributed by atoms with Gasteiger partial charge in [0.2, 0.25) is 0 Å². The first-order valence-corrected chi connectivity index (χ1v) is 7.85. The molecule has 5 heteroatoms. The molecule has 1 fully saturated rings. The highest BCUT2D eigenvalue weighted by Crippen LogP contribution is 2.27. The molecule has 0 bridgehead atoms. The lowest BCUT2D eigenvalue weighted by atomic mass is 10.1. The summed E-state index contributed by atoms with van der Waals surface area (Å²) in [4.78, 5) is 12.0. The molecule has 1 aliphatic carbocycles. The Balaban J connectivity index is 2.09. The summed E-state index contributed by atoms with van der Waals surface area (Å²) >= 11 is 6.70. The van der Waals surface area contributed by atoms with Crippen molar-refractivity contribution in [2.24, 2.45) is 5.92 Å². The van der Waals surface area contributed by atoms with E-state index in [2.05, 4.69) is 37.2 Å². The van der Waals surface area contributed by atoms with Crippen molar-refractivity contribution in [3.8, 4) is 0 Å². The van der Waals surface area contributed by atoms with Gasteiger partial charge >= 0.3 is 0 Å². The van der Waals surface area contributed by atoms with E-state index in [1.165, 1.54) is 12.1 Å². The fraction of sp³-hybridized carbons (Fsp3) is 0.462. The van der Waals surface area contributed by atoms with E-state index < -0.39 is 5.82 Å². The van der Waals surface area contributed by atoms with Crippen molar-refractivity contribution in [3.05, 3.63) is 34.1 Å². The summed E-state index contributed by atoms with van der Waals surface area (Å²) in [6, 6.07) is 4.55. The number of carbonyl (C=O) groups excluding carboxylic acids is 1. The summed E-state index contributed by atoms with van der Waals surface area (Å²) in [7, 11) is 0. The molecule has 0 heterocycles. The van der Waals surface area contributed by atoms with Crippen molar-refractivity contribution >= 4 is 37.8 Å². The number of nitrogens with one attached hydrogen (secondary N) is 1. The van der Waals surface area contributed by atoms with Gasteiger partial charge in [-0.05, 0) is 37.0 Å². The maximum absolute atomic E-state index is 13.6. The Hall–Kier alpha value is -0.420. The molecule has 1 amide bonds. The molecule has 0 saturated heterocycles. The molecule has 2 atom stereocenters. The standard InChI is InChI=1S/C13H14Br2FNO/c14-7-8-2-1-3-12(8)17-13(18)10-6-9(15)4-5-11(10)16/h4-6,8,12H,1-3,7H2,(H,17,18). The SMILES string of the molecule is O=C(NC1CCCC1CBr)c1cc(Br)ccc1F. The highest BCUT2D eigenvalue weighted by molar-refractivity contribution is 9.10. The highest BCUT2D eigenvalue weighted by Gasteiger charge is 2.28. The zero-order chi connectivity index (χ0) is 13.1. The molecule has 0 radical (unpaired) electrons. The van der Waals surface area contributed by atoms with Crippen molar-refractivity contribution in [2.45, 2.75) is 25.3 Å². The van der Waals surface area contributed by atoms with Crippen LogP contribution in [0.3, 0.4) is 0 Å². The summed E-state index contributed by atoms with van der Waals surface area (Å²) < 4.78 is 14.3. The predicted molar refractivity (Wildman–Crippen MR) is 76.5 cm³/mol. The molecule has 0 aliphatic heterocycles. The third kappa shape index (κ3) is 3.12. The van der Waals surface area contributed by atoms with Crippen LogP contribution in [0.2, 0.25) is 0 Å². The van der Waals surface area contributed by atoms with Gasteiger partial charge in [0, 0.05) is 15.8 Å². The van der Waals surface area contributed by atoms with Crippen LogP contribution in [0.5, 0.6) is 0 Å². The fourth-order valence-electron chi connectivity index (χ4n) is 2.33. The molecule has 1 N–H and O–H groups in total. The quantitative estimate of drug-likeness (QED) is 0.794. The van der Waals surface area contributed by atoms with E-state index in [9.17, 15) is 9.18 Å². The lowest BCUT2D eigenvalue weighted by Gasteiger charge is -2.19. The van der Waals surface area contributed by atoms with Gasteiger partial charge in [0.1, 0.15) is 5.82 Å². The average molecular weight is 379 g/mol. The minimum Gasteiger partial charge on any atom is -0.349 e. The number of rotatable bonds is 3. The lowest BCUT2D eigenvalue weighted by molar-refractivity contribution is 0.0926. The molecule has 2 nitrogen and oxygen atoms in total. The predicted octanol–water partition coefficient (Wildman–Crippen LogP) is 3.88. The van der Waals surface area contributed by atoms with Gasteiger partial charge in [-0.25, -0.2) is 4.39 Å². The molecule has 1 aliphatic rings. The third-order valence-corrected chi connectivity index (χ3v) is 4.67. The minimum absolute atomic E-state index is 0.101. The van der Waals surface area contributed by atoms with E-state index in [0.29, 0.717) is 10.4 Å². The maximum atomic E-state index is 13.6. The highest BCUT2D eigenvalue weighted by atomic mass is 79.9. The van der Waals surface area contributed by atoms with E-state index in [1.807, 2.05) is 0 Å². The molecular weight excluding hydrogens is 365 g/mol. The first-order valence-electron chi connectivity index (χ1n) is 5.93. The number of amides is 1. The van der Waals surface area contributed by atoms with Gasteiger partial charge in [-0.15, -0.1) is 0 Å². The smallest absolute Gasteiger partial charge is 0.254 e. The van der Waals surface area contributed by atoms with Gasteiger partial charge in [0.15, 0.2) is 0 Å². The molecule has 2 unspecified atom stereocenters. The van der Waals surface area contributed by atoms with E-state index in [-0.39, 0.29) is 17.5 Å². The lowest BCUT2D eigenvalue weighted by Crippen LogP contribution is -2.38. The Morgan fingerprint density at radius 1 is 1.44 bits per heavy atom. The van der Waals surface area contributed by atoms with Crippen LogP contribution >= 0.6 is 31.9 Å². The van der Waals surface area contributed by atoms with E-state index in [4.69, 9.17) is 0 Å². The minimum atomic E-state index is -0.482. The van der Waals surface area contributed by atoms with Gasteiger partial charge in [0.05, 0.1) is 5.56 Å². The van der Waals surface area contributed by atoms with Crippen molar-refractivity contribution in [3.63, 3.8) is 0 Å².